The molecule has 94 valence electrons. The molecule has 0 bridgehead atoms. The van der Waals surface area contributed by atoms with E-state index in [1.807, 2.05) is 30.3 Å². The summed E-state index contributed by atoms with van der Waals surface area (Å²) in [5.41, 5.74) is 1.63. The van der Waals surface area contributed by atoms with Gasteiger partial charge in [-0.3, -0.25) is 9.56 Å². The van der Waals surface area contributed by atoms with Gasteiger partial charge in [-0.15, -0.1) is 0 Å². The molecule has 0 unspecified atom stereocenters. The summed E-state index contributed by atoms with van der Waals surface area (Å²) in [4.78, 5) is 18.6. The van der Waals surface area contributed by atoms with Crippen molar-refractivity contribution >= 4 is 12.0 Å². The highest BCUT2D eigenvalue weighted by Gasteiger charge is 2.11. The molecule has 5 heteroatoms. The van der Waals surface area contributed by atoms with Crippen LogP contribution in [0.5, 0.6) is 0 Å². The second kappa shape index (κ2) is 5.35. The van der Waals surface area contributed by atoms with Crippen LogP contribution in [0.15, 0.2) is 40.1 Å². The predicted molar refractivity (Wildman–Crippen MR) is 73.7 cm³/mol. The van der Waals surface area contributed by atoms with Gasteiger partial charge < -0.3 is 10.3 Å². The fourth-order valence-corrected chi connectivity index (χ4v) is 1.90. The molecule has 5 nitrogen and oxygen atoms in total. The Morgan fingerprint density at radius 1 is 1.39 bits per heavy atom. The van der Waals surface area contributed by atoms with Crippen LogP contribution in [-0.2, 0) is 6.54 Å². The molecule has 0 radical (unpaired) electrons. The van der Waals surface area contributed by atoms with Gasteiger partial charge in [0.15, 0.2) is 0 Å². The van der Waals surface area contributed by atoms with Gasteiger partial charge >= 0.3 is 5.69 Å². The van der Waals surface area contributed by atoms with Crippen LogP contribution in [0.4, 0.5) is 5.82 Å². The number of hydrogen-bond donors (Lipinski definition) is 2. The first-order chi connectivity index (χ1) is 8.76. The van der Waals surface area contributed by atoms with Crippen molar-refractivity contribution in [3.8, 4) is 0 Å². The maximum absolute atomic E-state index is 11.9. The molecule has 0 amide bonds. The van der Waals surface area contributed by atoms with Crippen molar-refractivity contribution in [2.45, 2.75) is 6.54 Å². The average Bonchev–Trinajstić information content (AvgIpc) is 2.67. The van der Waals surface area contributed by atoms with Crippen LogP contribution < -0.4 is 11.0 Å². The minimum atomic E-state index is -0.141. The van der Waals surface area contributed by atoms with E-state index < -0.39 is 0 Å². The van der Waals surface area contributed by atoms with E-state index in [0.29, 0.717) is 12.2 Å². The van der Waals surface area contributed by atoms with Crippen LogP contribution in [0.25, 0.3) is 0 Å². The number of imidazole rings is 1. The lowest BCUT2D eigenvalue weighted by Gasteiger charge is -2.07. The van der Waals surface area contributed by atoms with Gasteiger partial charge in [0.05, 0.1) is 6.54 Å². The molecule has 0 saturated heterocycles. The summed E-state index contributed by atoms with van der Waals surface area (Å²) in [6.07, 6.45) is 1.63. The predicted octanol–water partition coefficient (Wildman–Crippen LogP) is 1.32. The molecule has 0 aliphatic rings. The van der Waals surface area contributed by atoms with Gasteiger partial charge in [-0.05, 0) is 5.56 Å². The molecule has 1 heterocycles. The normalized spacial score (nSPS) is 11.0. The molecule has 1 aromatic heterocycles. The zero-order valence-electron chi connectivity index (χ0n) is 10.5. The molecule has 2 N–H and O–H groups in total. The van der Waals surface area contributed by atoms with Crippen LogP contribution in [0, 0.1) is 0 Å². The summed E-state index contributed by atoms with van der Waals surface area (Å²) in [5, 5.41) is 3.03. The molecule has 18 heavy (non-hydrogen) atoms. The SMILES string of the molecule is C/N=C\c1[nH]c(=O)n(Cc2ccccc2)c1NC. The van der Waals surface area contributed by atoms with Gasteiger partial charge in [0.25, 0.3) is 0 Å². The van der Waals surface area contributed by atoms with Crippen LogP contribution in [0.3, 0.4) is 0 Å². The van der Waals surface area contributed by atoms with Gasteiger partial charge in [-0.25, -0.2) is 4.79 Å². The lowest BCUT2D eigenvalue weighted by atomic mass is 10.2. The lowest BCUT2D eigenvalue weighted by Crippen LogP contribution is -2.19. The van der Waals surface area contributed by atoms with Crippen LogP contribution in [0.1, 0.15) is 11.3 Å². The Kier molecular flexibility index (Phi) is 3.62. The molecular weight excluding hydrogens is 228 g/mol. The van der Waals surface area contributed by atoms with E-state index >= 15 is 0 Å². The third kappa shape index (κ3) is 2.34. The number of aromatic amines is 1. The highest BCUT2D eigenvalue weighted by molar-refractivity contribution is 5.83. The van der Waals surface area contributed by atoms with Gasteiger partial charge in [-0.2, -0.15) is 0 Å². The van der Waals surface area contributed by atoms with Gasteiger partial charge in [-0.1, -0.05) is 30.3 Å². The zero-order chi connectivity index (χ0) is 13.0. The number of rotatable bonds is 4. The van der Waals surface area contributed by atoms with E-state index in [9.17, 15) is 4.79 Å². The Morgan fingerprint density at radius 2 is 2.11 bits per heavy atom. The number of aromatic nitrogens is 2. The average molecular weight is 244 g/mol. The summed E-state index contributed by atoms with van der Waals surface area (Å²) < 4.78 is 1.66. The third-order valence-corrected chi connectivity index (χ3v) is 2.69. The largest absolute Gasteiger partial charge is 0.373 e. The molecule has 0 atom stereocenters. The number of hydrogen-bond acceptors (Lipinski definition) is 3. The Bertz CT molecular complexity index is 595. The van der Waals surface area contributed by atoms with Gasteiger partial charge in [0, 0.05) is 20.3 Å². The lowest BCUT2D eigenvalue weighted by molar-refractivity contribution is 0.768. The highest BCUT2D eigenvalue weighted by Crippen LogP contribution is 2.11. The fraction of sp³-hybridized carbons (Fsp3) is 0.231. The Balaban J connectivity index is 2.41. The third-order valence-electron chi connectivity index (χ3n) is 2.69. The molecule has 2 aromatic rings. The first kappa shape index (κ1) is 12.2. The summed E-state index contributed by atoms with van der Waals surface area (Å²) in [6, 6.07) is 9.86. The molecule has 1 aromatic carbocycles. The van der Waals surface area contributed by atoms with Gasteiger partial charge in [0.1, 0.15) is 11.5 Å². The number of anilines is 1. The van der Waals surface area contributed by atoms with Crippen LogP contribution >= 0.6 is 0 Å². The second-order valence-corrected chi connectivity index (χ2v) is 3.90. The van der Waals surface area contributed by atoms with E-state index in [1.165, 1.54) is 0 Å². The molecular formula is C13H16N4O. The van der Waals surface area contributed by atoms with Crippen molar-refractivity contribution in [3.05, 3.63) is 52.1 Å². The zero-order valence-corrected chi connectivity index (χ0v) is 10.5. The summed E-state index contributed by atoms with van der Waals surface area (Å²) >= 11 is 0. The first-order valence-corrected chi connectivity index (χ1v) is 5.73. The van der Waals surface area contributed by atoms with Crippen LogP contribution in [0.2, 0.25) is 0 Å². The maximum atomic E-state index is 11.9. The maximum Gasteiger partial charge on any atom is 0.327 e. The highest BCUT2D eigenvalue weighted by atomic mass is 16.1. The van der Waals surface area contributed by atoms with E-state index in [1.54, 1.807) is 24.9 Å². The summed E-state index contributed by atoms with van der Waals surface area (Å²) in [6.45, 7) is 0.532. The van der Waals surface area contributed by atoms with E-state index in [2.05, 4.69) is 15.3 Å². The van der Waals surface area contributed by atoms with Crippen molar-refractivity contribution < 1.29 is 0 Å². The molecule has 0 fully saturated rings. The van der Waals surface area contributed by atoms with Crippen LogP contribution in [-0.4, -0.2) is 29.9 Å². The number of H-pyrrole nitrogens is 1. The van der Waals surface area contributed by atoms with E-state index in [0.717, 1.165) is 11.4 Å². The van der Waals surface area contributed by atoms with E-state index in [4.69, 9.17) is 0 Å². The monoisotopic (exact) mass is 244 g/mol. The van der Waals surface area contributed by atoms with Crippen molar-refractivity contribution in [2.24, 2.45) is 4.99 Å². The van der Waals surface area contributed by atoms with Crippen molar-refractivity contribution in [1.82, 2.24) is 9.55 Å². The van der Waals surface area contributed by atoms with Crippen molar-refractivity contribution in [3.63, 3.8) is 0 Å². The molecule has 2 rings (SSSR count). The fourth-order valence-electron chi connectivity index (χ4n) is 1.90. The molecule has 0 spiro atoms. The molecule has 0 aliphatic carbocycles. The number of benzene rings is 1. The topological polar surface area (TPSA) is 62.2 Å². The minimum Gasteiger partial charge on any atom is -0.373 e. The first-order valence-electron chi connectivity index (χ1n) is 5.73. The van der Waals surface area contributed by atoms with E-state index in [-0.39, 0.29) is 5.69 Å². The smallest absolute Gasteiger partial charge is 0.327 e. The molecule has 0 saturated carbocycles. The van der Waals surface area contributed by atoms with Gasteiger partial charge in [0.2, 0.25) is 0 Å². The standard InChI is InChI=1S/C13H16N4O/c1-14-8-11-12(15-2)17(13(18)16-11)9-10-6-4-3-5-7-10/h3-8,15H,9H2,1-2H3,(H,16,18)/b14-8-. The number of nitrogens with zero attached hydrogens (tertiary/aromatic N) is 2. The molecule has 0 aliphatic heterocycles. The quantitative estimate of drug-likeness (QED) is 0.797. The Morgan fingerprint density at radius 3 is 2.72 bits per heavy atom. The minimum absolute atomic E-state index is 0.141. The van der Waals surface area contributed by atoms with Crippen molar-refractivity contribution in [1.29, 1.82) is 0 Å². The number of aliphatic imine (C=N–C) groups is 1. The Labute approximate surface area is 105 Å². The summed E-state index contributed by atoms with van der Waals surface area (Å²) in [5.74, 6) is 0.745. The Hall–Kier alpha value is -2.30. The summed E-state index contributed by atoms with van der Waals surface area (Å²) in [7, 11) is 3.46. The second-order valence-electron chi connectivity index (χ2n) is 3.90. The number of nitrogens with one attached hydrogen (secondary N) is 2. The van der Waals surface area contributed by atoms with Crippen molar-refractivity contribution in [2.75, 3.05) is 19.4 Å².